The molecule has 0 saturated heterocycles. The minimum atomic E-state index is -4.59. The van der Waals surface area contributed by atoms with Gasteiger partial charge in [-0.15, -0.1) is 0 Å². The van der Waals surface area contributed by atoms with E-state index in [1.165, 1.54) is 19.3 Å². The molecule has 1 unspecified atom stereocenters. The minimum absolute atomic E-state index is 0.190. The number of pyridine rings is 1. The number of carboxylic acid groups (broad SMARTS) is 1. The van der Waals surface area contributed by atoms with Gasteiger partial charge in [0.2, 0.25) is 0 Å². The smallest absolute Gasteiger partial charge is 0.411 e. The Bertz CT molecular complexity index is 1270. The van der Waals surface area contributed by atoms with Crippen LogP contribution in [0.25, 0.3) is 11.0 Å². The number of aliphatic carboxylic acids is 1. The predicted octanol–water partition coefficient (Wildman–Crippen LogP) is 5.62. The van der Waals surface area contributed by atoms with Crippen LogP contribution in [-0.4, -0.2) is 58.9 Å². The molecule has 1 aromatic carbocycles. The molecule has 8 nitrogen and oxygen atoms in total. The molecule has 210 valence electrons. The summed E-state index contributed by atoms with van der Waals surface area (Å²) in [5.74, 6) is -0.561. The molecular formula is C28H32F3N3O5. The number of nitrogens with zero attached hydrogens (tertiary/aromatic N) is 3. The molecule has 0 amide bonds. The van der Waals surface area contributed by atoms with Crippen LogP contribution in [0, 0.1) is 5.92 Å². The molecule has 1 N–H and O–H groups in total. The quantitative estimate of drug-likeness (QED) is 0.234. The maximum atomic E-state index is 12.4. The van der Waals surface area contributed by atoms with E-state index < -0.39 is 24.9 Å². The SMILES string of the molecule is CO/N=C(\c1ccc2ccn(CCOc3ccc(CC(OCC(F)(F)F)C(=O)O)cc3)c2n1)C1CCCCC1. The van der Waals surface area contributed by atoms with Crippen molar-refractivity contribution in [2.45, 2.75) is 57.3 Å². The van der Waals surface area contributed by atoms with Crippen molar-refractivity contribution < 1.29 is 37.4 Å². The molecule has 0 bridgehead atoms. The first kappa shape index (κ1) is 28.4. The summed E-state index contributed by atoms with van der Waals surface area (Å²) in [5.41, 5.74) is 3.05. The summed E-state index contributed by atoms with van der Waals surface area (Å²) in [6, 6.07) is 12.5. The third-order valence-corrected chi connectivity index (χ3v) is 6.72. The van der Waals surface area contributed by atoms with Crippen LogP contribution in [0.15, 0.2) is 53.8 Å². The molecule has 2 aromatic heterocycles. The highest BCUT2D eigenvalue weighted by atomic mass is 19.4. The fourth-order valence-electron chi connectivity index (χ4n) is 4.80. The zero-order valence-corrected chi connectivity index (χ0v) is 21.7. The van der Waals surface area contributed by atoms with Crippen molar-refractivity contribution in [2.75, 3.05) is 20.3 Å². The first-order valence-electron chi connectivity index (χ1n) is 12.9. The van der Waals surface area contributed by atoms with E-state index in [1.54, 1.807) is 31.4 Å². The van der Waals surface area contributed by atoms with Gasteiger partial charge >= 0.3 is 12.1 Å². The zero-order chi connectivity index (χ0) is 27.8. The summed E-state index contributed by atoms with van der Waals surface area (Å²) in [6.07, 6.45) is 1.33. The maximum absolute atomic E-state index is 12.4. The molecule has 1 saturated carbocycles. The van der Waals surface area contributed by atoms with E-state index >= 15 is 0 Å². The van der Waals surface area contributed by atoms with Gasteiger partial charge in [-0.2, -0.15) is 13.2 Å². The number of ether oxygens (including phenoxy) is 2. The van der Waals surface area contributed by atoms with E-state index in [2.05, 4.69) is 9.89 Å². The van der Waals surface area contributed by atoms with E-state index in [-0.39, 0.29) is 6.42 Å². The molecule has 0 spiro atoms. The Morgan fingerprint density at radius 3 is 2.54 bits per heavy atom. The van der Waals surface area contributed by atoms with Crippen LogP contribution < -0.4 is 4.74 Å². The highest BCUT2D eigenvalue weighted by Crippen LogP contribution is 2.28. The minimum Gasteiger partial charge on any atom is -0.492 e. The molecular weight excluding hydrogens is 515 g/mol. The fourth-order valence-corrected chi connectivity index (χ4v) is 4.80. The Labute approximate surface area is 224 Å². The number of aromatic nitrogens is 2. The molecule has 1 fully saturated rings. The molecule has 11 heteroatoms. The summed E-state index contributed by atoms with van der Waals surface area (Å²) in [5, 5.41) is 14.5. The topological polar surface area (TPSA) is 95.2 Å². The van der Waals surface area contributed by atoms with Gasteiger partial charge in [0, 0.05) is 23.9 Å². The first-order chi connectivity index (χ1) is 18.7. The standard InChI is InChI=1S/C28H32F3N3O5/c1-37-33-25(20-5-3-2-4-6-20)23-12-9-21-13-14-34(26(21)32-23)15-16-38-22-10-7-19(8-11-22)17-24(27(35)36)39-18-28(29,30)31/h7-14,20,24H,2-6,15-18H2,1H3,(H,35,36)/b33-25-. The number of rotatable bonds is 12. The Kier molecular flexibility index (Phi) is 9.45. The fraction of sp³-hybridized carbons (Fsp3) is 0.464. The van der Waals surface area contributed by atoms with Crippen LogP contribution in [0.1, 0.15) is 43.4 Å². The van der Waals surface area contributed by atoms with Crippen molar-refractivity contribution >= 4 is 22.7 Å². The third kappa shape index (κ3) is 7.95. The molecule has 3 aromatic rings. The number of hydrogen-bond acceptors (Lipinski definition) is 6. The summed E-state index contributed by atoms with van der Waals surface area (Å²) < 4.78 is 49.6. The molecule has 1 atom stereocenters. The van der Waals surface area contributed by atoms with Gasteiger partial charge < -0.3 is 24.0 Å². The van der Waals surface area contributed by atoms with Crippen LogP contribution in [0.2, 0.25) is 0 Å². The van der Waals surface area contributed by atoms with Gasteiger partial charge in [-0.05, 0) is 48.7 Å². The Morgan fingerprint density at radius 1 is 1.13 bits per heavy atom. The molecule has 39 heavy (non-hydrogen) atoms. The number of alkyl halides is 3. The molecule has 4 rings (SSSR count). The maximum Gasteiger partial charge on any atom is 0.411 e. The van der Waals surface area contributed by atoms with Crippen LogP contribution in [-0.2, 0) is 27.3 Å². The summed E-state index contributed by atoms with van der Waals surface area (Å²) >= 11 is 0. The lowest BCUT2D eigenvalue weighted by Gasteiger charge is -2.22. The van der Waals surface area contributed by atoms with Gasteiger partial charge in [-0.1, -0.05) is 36.6 Å². The average Bonchev–Trinajstić information content (AvgIpc) is 3.32. The van der Waals surface area contributed by atoms with E-state index in [9.17, 15) is 23.1 Å². The van der Waals surface area contributed by atoms with Gasteiger partial charge in [-0.25, -0.2) is 9.78 Å². The number of oxime groups is 1. The lowest BCUT2D eigenvalue weighted by Crippen LogP contribution is -2.31. The van der Waals surface area contributed by atoms with Crippen LogP contribution in [0.3, 0.4) is 0 Å². The van der Waals surface area contributed by atoms with Crippen molar-refractivity contribution in [3.05, 3.63) is 59.9 Å². The van der Waals surface area contributed by atoms with Gasteiger partial charge in [0.1, 0.15) is 37.4 Å². The largest absolute Gasteiger partial charge is 0.492 e. The second-order valence-corrected chi connectivity index (χ2v) is 9.56. The highest BCUT2D eigenvalue weighted by molar-refractivity contribution is 6.01. The lowest BCUT2D eigenvalue weighted by atomic mass is 9.84. The van der Waals surface area contributed by atoms with Crippen molar-refractivity contribution in [1.29, 1.82) is 0 Å². The molecule has 0 radical (unpaired) electrons. The highest BCUT2D eigenvalue weighted by Gasteiger charge is 2.31. The Balaban J connectivity index is 1.36. The second kappa shape index (κ2) is 13.0. The zero-order valence-electron chi connectivity index (χ0n) is 21.7. The molecule has 2 heterocycles. The number of carboxylic acids is 1. The van der Waals surface area contributed by atoms with Gasteiger partial charge in [0.15, 0.2) is 6.10 Å². The van der Waals surface area contributed by atoms with Crippen molar-refractivity contribution in [2.24, 2.45) is 11.1 Å². The third-order valence-electron chi connectivity index (χ3n) is 6.72. The number of carbonyl (C=O) groups is 1. The first-order valence-corrected chi connectivity index (χ1v) is 12.9. The number of benzene rings is 1. The van der Waals surface area contributed by atoms with Crippen molar-refractivity contribution in [1.82, 2.24) is 9.55 Å². The van der Waals surface area contributed by atoms with E-state index in [0.29, 0.717) is 30.4 Å². The number of halogens is 3. The van der Waals surface area contributed by atoms with E-state index in [1.807, 2.05) is 29.0 Å². The number of hydrogen-bond donors (Lipinski definition) is 1. The molecule has 1 aliphatic carbocycles. The Morgan fingerprint density at radius 2 is 1.87 bits per heavy atom. The monoisotopic (exact) mass is 547 g/mol. The Hall–Kier alpha value is -3.60. The normalized spacial score (nSPS) is 15.8. The summed E-state index contributed by atoms with van der Waals surface area (Å²) in [7, 11) is 1.56. The van der Waals surface area contributed by atoms with Crippen LogP contribution in [0.4, 0.5) is 13.2 Å². The average molecular weight is 548 g/mol. The van der Waals surface area contributed by atoms with Crippen LogP contribution in [0.5, 0.6) is 5.75 Å². The number of fused-ring (bicyclic) bond motifs is 1. The van der Waals surface area contributed by atoms with Gasteiger partial charge in [0.25, 0.3) is 0 Å². The van der Waals surface area contributed by atoms with Crippen molar-refractivity contribution in [3.63, 3.8) is 0 Å². The van der Waals surface area contributed by atoms with Gasteiger partial charge in [0.05, 0.1) is 12.2 Å². The van der Waals surface area contributed by atoms with E-state index in [0.717, 1.165) is 35.3 Å². The van der Waals surface area contributed by atoms with Crippen LogP contribution >= 0.6 is 0 Å². The summed E-state index contributed by atoms with van der Waals surface area (Å²) in [6.45, 7) is -0.728. The van der Waals surface area contributed by atoms with Crippen molar-refractivity contribution in [3.8, 4) is 5.75 Å². The summed E-state index contributed by atoms with van der Waals surface area (Å²) in [4.78, 5) is 21.3. The predicted molar refractivity (Wildman–Crippen MR) is 139 cm³/mol. The molecule has 0 aliphatic heterocycles. The second-order valence-electron chi connectivity index (χ2n) is 9.56. The lowest BCUT2D eigenvalue weighted by molar-refractivity contribution is -0.192. The molecule has 1 aliphatic rings. The van der Waals surface area contributed by atoms with E-state index in [4.69, 9.17) is 14.6 Å². The van der Waals surface area contributed by atoms with Gasteiger partial charge in [-0.3, -0.25) is 0 Å².